The predicted molar refractivity (Wildman–Crippen MR) is 39.8 cm³/mol. The molecule has 0 radical (unpaired) electrons. The molecule has 0 spiro atoms. The van der Waals surface area contributed by atoms with Crippen LogP contribution in [0.4, 0.5) is 0 Å². The zero-order chi connectivity index (χ0) is 7.19. The SMILES string of the molecule is CNC1CC(O)(C2CC2)C1. The van der Waals surface area contributed by atoms with Gasteiger partial charge in [0, 0.05) is 6.04 Å². The van der Waals surface area contributed by atoms with E-state index in [1.54, 1.807) is 0 Å². The largest absolute Gasteiger partial charge is 0.389 e. The molecule has 0 aromatic rings. The number of hydrogen-bond donors (Lipinski definition) is 2. The van der Waals surface area contributed by atoms with Crippen LogP contribution < -0.4 is 5.32 Å². The Labute approximate surface area is 61.6 Å². The van der Waals surface area contributed by atoms with Crippen molar-refractivity contribution in [3.8, 4) is 0 Å². The minimum absolute atomic E-state index is 0.256. The molecule has 2 rings (SSSR count). The highest BCUT2D eigenvalue weighted by atomic mass is 16.3. The molecule has 0 aromatic carbocycles. The summed E-state index contributed by atoms with van der Waals surface area (Å²) in [7, 11) is 1.97. The minimum atomic E-state index is -0.256. The molecule has 0 aromatic heterocycles. The molecule has 2 saturated carbocycles. The Morgan fingerprint density at radius 2 is 2.00 bits per heavy atom. The van der Waals surface area contributed by atoms with Crippen molar-refractivity contribution >= 4 is 0 Å². The highest BCUT2D eigenvalue weighted by Gasteiger charge is 2.51. The molecule has 2 heteroatoms. The molecule has 0 saturated heterocycles. The Hall–Kier alpha value is -0.0800. The smallest absolute Gasteiger partial charge is 0.0705 e. The fourth-order valence-corrected chi connectivity index (χ4v) is 1.95. The molecule has 0 bridgehead atoms. The summed E-state index contributed by atoms with van der Waals surface area (Å²) in [6, 6.07) is 0.589. The summed E-state index contributed by atoms with van der Waals surface area (Å²) in [5.74, 6) is 0.650. The lowest BCUT2D eigenvalue weighted by atomic mass is 9.72. The molecule has 58 valence electrons. The second kappa shape index (κ2) is 1.95. The molecule has 0 atom stereocenters. The molecule has 10 heavy (non-hydrogen) atoms. The van der Waals surface area contributed by atoms with Crippen molar-refractivity contribution in [3.63, 3.8) is 0 Å². The van der Waals surface area contributed by atoms with Gasteiger partial charge >= 0.3 is 0 Å². The molecule has 2 N–H and O–H groups in total. The third kappa shape index (κ3) is 0.867. The van der Waals surface area contributed by atoms with Crippen molar-refractivity contribution in [2.24, 2.45) is 5.92 Å². The summed E-state index contributed by atoms with van der Waals surface area (Å²) in [5, 5.41) is 13.0. The van der Waals surface area contributed by atoms with Crippen LogP contribution in [0.2, 0.25) is 0 Å². The lowest BCUT2D eigenvalue weighted by Gasteiger charge is -2.44. The second-order valence-corrected chi connectivity index (χ2v) is 3.77. The van der Waals surface area contributed by atoms with Gasteiger partial charge in [0.2, 0.25) is 0 Å². The van der Waals surface area contributed by atoms with Crippen LogP contribution in [0.25, 0.3) is 0 Å². The standard InChI is InChI=1S/C8H15NO/c1-9-7-4-8(10,5-7)6-2-3-6/h6-7,9-10H,2-5H2,1H3. The molecule has 2 nitrogen and oxygen atoms in total. The lowest BCUT2D eigenvalue weighted by molar-refractivity contribution is -0.0725. The lowest BCUT2D eigenvalue weighted by Crippen LogP contribution is -2.54. The summed E-state index contributed by atoms with van der Waals surface area (Å²) in [5.41, 5.74) is -0.256. The van der Waals surface area contributed by atoms with Gasteiger partial charge in [0.05, 0.1) is 5.60 Å². The molecular weight excluding hydrogens is 126 g/mol. The zero-order valence-corrected chi connectivity index (χ0v) is 6.43. The van der Waals surface area contributed by atoms with Crippen LogP contribution in [-0.4, -0.2) is 23.8 Å². The first kappa shape index (κ1) is 6.62. The van der Waals surface area contributed by atoms with Crippen molar-refractivity contribution in [3.05, 3.63) is 0 Å². The van der Waals surface area contributed by atoms with Crippen LogP contribution in [0.5, 0.6) is 0 Å². The van der Waals surface area contributed by atoms with Crippen molar-refractivity contribution in [2.45, 2.75) is 37.3 Å². The summed E-state index contributed by atoms with van der Waals surface area (Å²) < 4.78 is 0. The fourth-order valence-electron chi connectivity index (χ4n) is 1.95. The maximum Gasteiger partial charge on any atom is 0.0705 e. The van der Waals surface area contributed by atoms with Crippen LogP contribution in [-0.2, 0) is 0 Å². The van der Waals surface area contributed by atoms with Gasteiger partial charge in [-0.05, 0) is 38.6 Å². The average Bonchev–Trinajstić information content (AvgIpc) is 2.61. The van der Waals surface area contributed by atoms with E-state index in [1.807, 2.05) is 7.05 Å². The number of rotatable bonds is 2. The van der Waals surface area contributed by atoms with Gasteiger partial charge in [0.15, 0.2) is 0 Å². The molecule has 2 aliphatic rings. The van der Waals surface area contributed by atoms with E-state index >= 15 is 0 Å². The first-order valence-corrected chi connectivity index (χ1v) is 4.14. The number of nitrogens with one attached hydrogen (secondary N) is 1. The maximum atomic E-state index is 9.81. The fraction of sp³-hybridized carbons (Fsp3) is 1.00. The van der Waals surface area contributed by atoms with Crippen molar-refractivity contribution in [1.82, 2.24) is 5.32 Å². The first-order chi connectivity index (χ1) is 4.74. The molecule has 2 aliphatic carbocycles. The maximum absolute atomic E-state index is 9.81. The monoisotopic (exact) mass is 141 g/mol. The van der Waals surface area contributed by atoms with Crippen LogP contribution in [0.3, 0.4) is 0 Å². The van der Waals surface area contributed by atoms with Crippen LogP contribution >= 0.6 is 0 Å². The Morgan fingerprint density at radius 1 is 1.40 bits per heavy atom. The summed E-state index contributed by atoms with van der Waals surface area (Å²) >= 11 is 0. The summed E-state index contributed by atoms with van der Waals surface area (Å²) in [6.07, 6.45) is 4.47. The van der Waals surface area contributed by atoms with Gasteiger partial charge in [0.1, 0.15) is 0 Å². The second-order valence-electron chi connectivity index (χ2n) is 3.77. The minimum Gasteiger partial charge on any atom is -0.389 e. The van der Waals surface area contributed by atoms with Gasteiger partial charge in [-0.2, -0.15) is 0 Å². The predicted octanol–water partition coefficient (Wildman–Crippen LogP) is 0.509. The van der Waals surface area contributed by atoms with Gasteiger partial charge in [0.25, 0.3) is 0 Å². The number of aliphatic hydroxyl groups is 1. The molecule has 0 unspecified atom stereocenters. The zero-order valence-electron chi connectivity index (χ0n) is 6.43. The van der Waals surface area contributed by atoms with Gasteiger partial charge in [-0.3, -0.25) is 0 Å². The highest BCUT2D eigenvalue weighted by Crippen LogP contribution is 2.49. The van der Waals surface area contributed by atoms with Gasteiger partial charge in [-0.15, -0.1) is 0 Å². The van der Waals surface area contributed by atoms with E-state index in [-0.39, 0.29) is 5.60 Å². The molecule has 0 amide bonds. The van der Waals surface area contributed by atoms with E-state index in [4.69, 9.17) is 0 Å². The topological polar surface area (TPSA) is 32.3 Å². The molecule has 0 heterocycles. The van der Waals surface area contributed by atoms with Crippen molar-refractivity contribution in [2.75, 3.05) is 7.05 Å². The van der Waals surface area contributed by atoms with Gasteiger partial charge in [-0.25, -0.2) is 0 Å². The average molecular weight is 141 g/mol. The van der Waals surface area contributed by atoms with E-state index in [2.05, 4.69) is 5.32 Å². The van der Waals surface area contributed by atoms with Crippen molar-refractivity contribution in [1.29, 1.82) is 0 Å². The molecule has 2 fully saturated rings. The third-order valence-electron chi connectivity index (χ3n) is 2.95. The quantitative estimate of drug-likeness (QED) is 0.587. The van der Waals surface area contributed by atoms with E-state index in [1.165, 1.54) is 12.8 Å². The Kier molecular flexibility index (Phi) is 1.29. The van der Waals surface area contributed by atoms with Crippen LogP contribution in [0.1, 0.15) is 25.7 Å². The summed E-state index contributed by atoms with van der Waals surface area (Å²) in [4.78, 5) is 0. The molecular formula is C8H15NO. The van der Waals surface area contributed by atoms with E-state index in [0.29, 0.717) is 12.0 Å². The van der Waals surface area contributed by atoms with Gasteiger partial charge in [-0.1, -0.05) is 0 Å². The van der Waals surface area contributed by atoms with Crippen molar-refractivity contribution < 1.29 is 5.11 Å². The Morgan fingerprint density at radius 3 is 2.40 bits per heavy atom. The van der Waals surface area contributed by atoms with E-state index in [9.17, 15) is 5.11 Å². The third-order valence-corrected chi connectivity index (χ3v) is 2.95. The first-order valence-electron chi connectivity index (χ1n) is 4.14. The highest BCUT2D eigenvalue weighted by molar-refractivity contribution is 5.06. The van der Waals surface area contributed by atoms with E-state index in [0.717, 1.165) is 12.8 Å². The van der Waals surface area contributed by atoms with Crippen LogP contribution in [0.15, 0.2) is 0 Å². The number of hydrogen-bond acceptors (Lipinski definition) is 2. The summed E-state index contributed by atoms with van der Waals surface area (Å²) in [6.45, 7) is 0. The molecule has 0 aliphatic heterocycles. The van der Waals surface area contributed by atoms with Crippen LogP contribution in [0, 0.1) is 5.92 Å². The normalized spacial score (nSPS) is 46.8. The Balaban J connectivity index is 1.85. The Bertz CT molecular complexity index is 136. The van der Waals surface area contributed by atoms with E-state index < -0.39 is 0 Å². The van der Waals surface area contributed by atoms with Gasteiger partial charge < -0.3 is 10.4 Å².